The van der Waals surface area contributed by atoms with Crippen molar-refractivity contribution < 1.29 is 18.9 Å². The van der Waals surface area contributed by atoms with Gasteiger partial charge in [-0.25, -0.2) is 4.57 Å². The van der Waals surface area contributed by atoms with Crippen LogP contribution < -0.4 is 4.52 Å². The second-order valence-electron chi connectivity index (χ2n) is 2.51. The zero-order chi connectivity index (χ0) is 11.5. The van der Waals surface area contributed by atoms with Gasteiger partial charge < -0.3 is 4.52 Å². The summed E-state index contributed by atoms with van der Waals surface area (Å²) in [6.07, 6.45) is 0. The summed E-state index contributed by atoms with van der Waals surface area (Å²) in [6.45, 7) is 0. The average molecular weight is 224 g/mol. The van der Waals surface area contributed by atoms with Gasteiger partial charge in [0.25, 0.3) is 0 Å². The molecule has 0 spiro atoms. The third-order valence-electron chi connectivity index (χ3n) is 1.46. The molecule has 0 unspecified atom stereocenters. The Morgan fingerprint density at radius 2 is 1.80 bits per heavy atom. The molecule has 0 aliphatic rings. The molecule has 76 valence electrons. The van der Waals surface area contributed by atoms with Crippen molar-refractivity contribution in [1.82, 2.24) is 0 Å². The fraction of sp³-hybridized carbons (Fsp3) is 0. The highest BCUT2D eigenvalue weighted by atomic mass is 31.2. The molecule has 0 amide bonds. The van der Waals surface area contributed by atoms with Gasteiger partial charge >= 0.3 is 7.82 Å². The predicted octanol–water partition coefficient (Wildman–Crippen LogP) is 0.901. The maximum Gasteiger partial charge on any atom is 0.524 e. The summed E-state index contributed by atoms with van der Waals surface area (Å²) in [4.78, 5) is 17.0. The minimum Gasteiger partial charge on any atom is -0.404 e. The number of hydrogen-bond donors (Lipinski definition) is 2. The van der Waals surface area contributed by atoms with Gasteiger partial charge in [0.1, 0.15) is 17.9 Å². The van der Waals surface area contributed by atoms with Crippen molar-refractivity contribution in [2.24, 2.45) is 0 Å². The van der Waals surface area contributed by atoms with Crippen LogP contribution in [0.1, 0.15) is 11.1 Å². The molecule has 6 nitrogen and oxygen atoms in total. The van der Waals surface area contributed by atoms with E-state index in [0.29, 0.717) is 0 Å². The highest BCUT2D eigenvalue weighted by Crippen LogP contribution is 2.37. The third kappa shape index (κ3) is 3.08. The van der Waals surface area contributed by atoms with Gasteiger partial charge in [-0.15, -0.1) is 0 Å². The average Bonchev–Trinajstić information content (AvgIpc) is 2.15. The largest absolute Gasteiger partial charge is 0.524 e. The molecule has 7 heteroatoms. The van der Waals surface area contributed by atoms with E-state index in [2.05, 4.69) is 4.52 Å². The summed E-state index contributed by atoms with van der Waals surface area (Å²) in [5, 5.41) is 17.2. The van der Waals surface area contributed by atoms with Gasteiger partial charge in [-0.2, -0.15) is 10.5 Å². The Morgan fingerprint density at radius 3 is 2.27 bits per heavy atom. The van der Waals surface area contributed by atoms with E-state index in [1.807, 2.05) is 0 Å². The third-order valence-corrected chi connectivity index (χ3v) is 1.90. The monoisotopic (exact) mass is 224 g/mol. The zero-order valence-corrected chi connectivity index (χ0v) is 8.18. The van der Waals surface area contributed by atoms with E-state index in [0.717, 1.165) is 6.07 Å². The lowest BCUT2D eigenvalue weighted by atomic mass is 10.1. The summed E-state index contributed by atoms with van der Waals surface area (Å²) < 4.78 is 14.7. The van der Waals surface area contributed by atoms with E-state index in [9.17, 15) is 4.57 Å². The van der Waals surface area contributed by atoms with E-state index in [1.54, 1.807) is 12.1 Å². The van der Waals surface area contributed by atoms with Crippen molar-refractivity contribution in [3.63, 3.8) is 0 Å². The number of phosphoric ester groups is 1. The molecule has 0 aromatic heterocycles. The van der Waals surface area contributed by atoms with Gasteiger partial charge in [-0.1, -0.05) is 0 Å². The van der Waals surface area contributed by atoms with Crippen LogP contribution in [0.5, 0.6) is 5.75 Å². The van der Waals surface area contributed by atoms with Crippen LogP contribution in [0.2, 0.25) is 0 Å². The van der Waals surface area contributed by atoms with Crippen molar-refractivity contribution in [2.75, 3.05) is 0 Å². The molecule has 0 radical (unpaired) electrons. The number of nitrogens with zero attached hydrogens (tertiary/aromatic N) is 2. The fourth-order valence-corrected chi connectivity index (χ4v) is 1.30. The predicted molar refractivity (Wildman–Crippen MR) is 48.5 cm³/mol. The maximum absolute atomic E-state index is 10.5. The van der Waals surface area contributed by atoms with Gasteiger partial charge in [0, 0.05) is 0 Å². The van der Waals surface area contributed by atoms with Crippen LogP contribution in [0.15, 0.2) is 18.2 Å². The molecule has 0 fully saturated rings. The Hall–Kier alpha value is -1.85. The van der Waals surface area contributed by atoms with Crippen molar-refractivity contribution in [3.8, 4) is 17.9 Å². The number of phosphoric acid groups is 1. The van der Waals surface area contributed by atoms with Crippen molar-refractivity contribution in [1.29, 1.82) is 10.5 Å². The summed E-state index contributed by atoms with van der Waals surface area (Å²) in [5.41, 5.74) is 0.124. The molecule has 0 saturated carbocycles. The highest BCUT2D eigenvalue weighted by Gasteiger charge is 2.16. The second-order valence-corrected chi connectivity index (χ2v) is 3.68. The molecule has 0 bridgehead atoms. The summed E-state index contributed by atoms with van der Waals surface area (Å²) in [5.74, 6) is -0.154. The molecule has 1 rings (SSSR count). The van der Waals surface area contributed by atoms with Crippen LogP contribution in [0.25, 0.3) is 0 Å². The fourth-order valence-electron chi connectivity index (χ4n) is 0.907. The van der Waals surface area contributed by atoms with Crippen molar-refractivity contribution in [3.05, 3.63) is 29.3 Å². The Morgan fingerprint density at radius 1 is 1.20 bits per heavy atom. The highest BCUT2D eigenvalue weighted by molar-refractivity contribution is 7.46. The maximum atomic E-state index is 10.5. The summed E-state index contributed by atoms with van der Waals surface area (Å²) >= 11 is 0. The minimum absolute atomic E-state index is 0.00319. The normalized spacial score (nSPS) is 10.1. The van der Waals surface area contributed by atoms with Crippen LogP contribution in [0.4, 0.5) is 0 Å². The van der Waals surface area contributed by atoms with E-state index in [4.69, 9.17) is 20.3 Å². The number of nitriles is 2. The summed E-state index contributed by atoms with van der Waals surface area (Å²) in [7, 11) is -4.63. The van der Waals surface area contributed by atoms with Gasteiger partial charge in [-0.3, -0.25) is 9.79 Å². The second kappa shape index (κ2) is 4.12. The molecule has 0 atom stereocenters. The first-order valence-electron chi connectivity index (χ1n) is 3.65. The molecule has 0 saturated heterocycles. The van der Waals surface area contributed by atoms with Crippen LogP contribution in [0, 0.1) is 22.7 Å². The van der Waals surface area contributed by atoms with Crippen molar-refractivity contribution in [2.45, 2.75) is 0 Å². The number of hydrogen-bond acceptors (Lipinski definition) is 4. The quantitative estimate of drug-likeness (QED) is 0.721. The molecule has 0 heterocycles. The first-order chi connectivity index (χ1) is 6.96. The van der Waals surface area contributed by atoms with E-state index in [-0.39, 0.29) is 16.9 Å². The van der Waals surface area contributed by atoms with E-state index >= 15 is 0 Å². The molecule has 2 N–H and O–H groups in total. The molecular weight excluding hydrogens is 219 g/mol. The molecule has 1 aromatic carbocycles. The van der Waals surface area contributed by atoms with Crippen LogP contribution in [-0.4, -0.2) is 9.79 Å². The lowest BCUT2D eigenvalue weighted by molar-refractivity contribution is 0.283. The molecule has 1 aromatic rings. The van der Waals surface area contributed by atoms with Gasteiger partial charge in [0.05, 0.1) is 11.1 Å². The lowest BCUT2D eigenvalue weighted by Crippen LogP contribution is -1.92. The van der Waals surface area contributed by atoms with Crippen molar-refractivity contribution >= 4 is 7.82 Å². The summed E-state index contributed by atoms with van der Waals surface area (Å²) in [6, 6.07) is 7.04. The molecule has 15 heavy (non-hydrogen) atoms. The Bertz CT molecular complexity index is 508. The SMILES string of the molecule is N#Cc1ccc(OP(=O)(O)O)cc1C#N. The van der Waals surface area contributed by atoms with Crippen LogP contribution in [0.3, 0.4) is 0 Å². The molecular formula is C8H5N2O4P. The number of benzene rings is 1. The molecule has 0 aliphatic carbocycles. The Labute approximate surface area is 85.2 Å². The Kier molecular flexibility index (Phi) is 3.08. The number of rotatable bonds is 2. The lowest BCUT2D eigenvalue weighted by Gasteiger charge is -2.06. The smallest absolute Gasteiger partial charge is 0.404 e. The van der Waals surface area contributed by atoms with Gasteiger partial charge in [-0.05, 0) is 18.2 Å². The zero-order valence-electron chi connectivity index (χ0n) is 7.28. The topological polar surface area (TPSA) is 114 Å². The first kappa shape index (κ1) is 11.2. The molecule has 0 aliphatic heterocycles. The minimum atomic E-state index is -4.63. The van der Waals surface area contributed by atoms with Crippen LogP contribution >= 0.6 is 7.82 Å². The van der Waals surface area contributed by atoms with E-state index < -0.39 is 7.82 Å². The van der Waals surface area contributed by atoms with E-state index in [1.165, 1.54) is 12.1 Å². The van der Waals surface area contributed by atoms with Crippen LogP contribution in [-0.2, 0) is 4.57 Å². The first-order valence-corrected chi connectivity index (χ1v) is 5.18. The Balaban J connectivity index is 3.12. The standard InChI is InChI=1S/C8H5N2O4P/c9-4-6-1-2-8(3-7(6)5-10)14-15(11,12)13/h1-3H,(H2,11,12,13). The van der Waals surface area contributed by atoms with Gasteiger partial charge in [0.2, 0.25) is 0 Å². The van der Waals surface area contributed by atoms with Gasteiger partial charge in [0.15, 0.2) is 0 Å².